The SMILES string of the molecule is CC(C)OC(=O)CN1C(=O)S/C(=C\c2cc([N+](=O)[O-])cc([N+](=O)[O-])c2O)C1=O. The second kappa shape index (κ2) is 8.04. The molecule has 0 aliphatic carbocycles. The van der Waals surface area contributed by atoms with Gasteiger partial charge in [0.05, 0.1) is 26.9 Å². The summed E-state index contributed by atoms with van der Waals surface area (Å²) in [5, 5.41) is 31.1. The van der Waals surface area contributed by atoms with Gasteiger partial charge in [-0.05, 0) is 31.7 Å². The average molecular weight is 411 g/mol. The molecule has 0 unspecified atom stereocenters. The van der Waals surface area contributed by atoms with Crippen LogP contribution in [0.15, 0.2) is 17.0 Å². The van der Waals surface area contributed by atoms with Gasteiger partial charge in [-0.3, -0.25) is 39.5 Å². The molecule has 12 nitrogen and oxygen atoms in total. The van der Waals surface area contributed by atoms with E-state index in [0.29, 0.717) is 22.7 Å². The maximum Gasteiger partial charge on any atom is 0.326 e. The number of non-ortho nitro benzene ring substituents is 1. The Morgan fingerprint density at radius 3 is 2.46 bits per heavy atom. The molecule has 2 amide bonds. The van der Waals surface area contributed by atoms with Crippen molar-refractivity contribution in [2.75, 3.05) is 6.54 Å². The normalized spacial score (nSPS) is 15.4. The topological polar surface area (TPSA) is 170 Å². The van der Waals surface area contributed by atoms with Gasteiger partial charge in [0, 0.05) is 11.6 Å². The number of phenols is 1. The Bertz CT molecular complexity index is 926. The zero-order chi connectivity index (χ0) is 21.2. The fourth-order valence-corrected chi connectivity index (χ4v) is 3.02. The summed E-state index contributed by atoms with van der Waals surface area (Å²) in [6.45, 7) is 2.54. The molecule has 1 aliphatic rings. The number of nitro benzene ring substituents is 2. The molecule has 28 heavy (non-hydrogen) atoms. The van der Waals surface area contributed by atoms with Gasteiger partial charge in [0.15, 0.2) is 0 Å². The molecule has 0 aromatic heterocycles. The van der Waals surface area contributed by atoms with Crippen LogP contribution in [-0.4, -0.2) is 49.6 Å². The van der Waals surface area contributed by atoms with Crippen LogP contribution in [-0.2, 0) is 14.3 Å². The third-order valence-corrected chi connectivity index (χ3v) is 4.23. The maximum atomic E-state index is 12.3. The third-order valence-electron chi connectivity index (χ3n) is 3.33. The van der Waals surface area contributed by atoms with Crippen molar-refractivity contribution in [1.29, 1.82) is 0 Å². The molecule has 1 fully saturated rings. The summed E-state index contributed by atoms with van der Waals surface area (Å²) in [4.78, 5) is 56.3. The molecule has 0 saturated carbocycles. The molecule has 1 N–H and O–H groups in total. The lowest BCUT2D eigenvalue weighted by Crippen LogP contribution is -2.35. The van der Waals surface area contributed by atoms with Crippen LogP contribution in [0.25, 0.3) is 6.08 Å². The molecule has 1 aromatic carbocycles. The standard InChI is InChI=1S/C15H13N3O9S/c1-7(2)27-12(19)6-16-14(21)11(28-15(16)22)4-8-3-9(17(23)24)5-10(13(8)20)18(25)26/h3-5,7,20H,6H2,1-2H3/b11-4-. The van der Waals surface area contributed by atoms with Crippen molar-refractivity contribution in [2.24, 2.45) is 0 Å². The van der Waals surface area contributed by atoms with Crippen molar-refractivity contribution in [1.82, 2.24) is 4.90 Å². The maximum absolute atomic E-state index is 12.3. The molecule has 0 spiro atoms. The van der Waals surface area contributed by atoms with Gasteiger partial charge in [-0.25, -0.2) is 0 Å². The Kier molecular flexibility index (Phi) is 5.98. The molecule has 1 aromatic rings. The van der Waals surface area contributed by atoms with E-state index in [1.807, 2.05) is 0 Å². The number of amides is 2. The number of rotatable bonds is 6. The highest BCUT2D eigenvalue weighted by atomic mass is 32.2. The number of carbonyl (C=O) groups is 3. The number of hydrogen-bond acceptors (Lipinski definition) is 10. The first kappa shape index (κ1) is 20.8. The summed E-state index contributed by atoms with van der Waals surface area (Å²) in [5.74, 6) is -2.61. The number of esters is 1. The van der Waals surface area contributed by atoms with Crippen molar-refractivity contribution in [3.8, 4) is 5.75 Å². The highest BCUT2D eigenvalue weighted by Gasteiger charge is 2.37. The lowest BCUT2D eigenvalue weighted by Gasteiger charge is -2.13. The summed E-state index contributed by atoms with van der Waals surface area (Å²) in [6.07, 6.45) is 0.457. The van der Waals surface area contributed by atoms with Gasteiger partial charge in [-0.15, -0.1) is 0 Å². The van der Waals surface area contributed by atoms with Crippen molar-refractivity contribution in [3.05, 3.63) is 42.8 Å². The summed E-state index contributed by atoms with van der Waals surface area (Å²) in [6, 6.07) is 1.39. The molecule has 1 aliphatic heterocycles. The van der Waals surface area contributed by atoms with E-state index in [9.17, 15) is 39.7 Å². The molecule has 0 bridgehead atoms. The molecular formula is C15H13N3O9S. The van der Waals surface area contributed by atoms with E-state index in [-0.39, 0.29) is 4.91 Å². The van der Waals surface area contributed by atoms with Gasteiger partial charge in [0.2, 0.25) is 5.75 Å². The highest BCUT2D eigenvalue weighted by Crippen LogP contribution is 2.38. The van der Waals surface area contributed by atoms with Crippen LogP contribution in [0.4, 0.5) is 16.2 Å². The van der Waals surface area contributed by atoms with E-state index >= 15 is 0 Å². The van der Waals surface area contributed by atoms with E-state index in [1.165, 1.54) is 0 Å². The number of hydrogen-bond donors (Lipinski definition) is 1. The first-order valence-corrected chi connectivity index (χ1v) is 8.43. The van der Waals surface area contributed by atoms with Gasteiger partial charge < -0.3 is 9.84 Å². The lowest BCUT2D eigenvalue weighted by atomic mass is 10.1. The number of aromatic hydroxyl groups is 1. The Hall–Kier alpha value is -3.48. The minimum absolute atomic E-state index is 0.271. The molecule has 148 valence electrons. The minimum atomic E-state index is -1.02. The Labute approximate surface area is 161 Å². The molecule has 1 saturated heterocycles. The van der Waals surface area contributed by atoms with Crippen molar-refractivity contribution in [3.63, 3.8) is 0 Å². The van der Waals surface area contributed by atoms with E-state index in [2.05, 4.69) is 0 Å². The molecule has 13 heteroatoms. The molecule has 0 radical (unpaired) electrons. The first-order valence-electron chi connectivity index (χ1n) is 7.62. The number of thioether (sulfide) groups is 1. The summed E-state index contributed by atoms with van der Waals surface area (Å²) in [5.41, 5.74) is -2.01. The number of imide groups is 1. The van der Waals surface area contributed by atoms with Crippen molar-refractivity contribution < 1.29 is 34.1 Å². The molecule has 1 heterocycles. The van der Waals surface area contributed by atoms with Crippen LogP contribution in [0, 0.1) is 20.2 Å². The second-order valence-electron chi connectivity index (χ2n) is 5.72. The van der Waals surface area contributed by atoms with E-state index < -0.39 is 62.3 Å². The monoisotopic (exact) mass is 411 g/mol. The van der Waals surface area contributed by atoms with E-state index in [1.54, 1.807) is 13.8 Å². The van der Waals surface area contributed by atoms with Gasteiger partial charge >= 0.3 is 11.7 Å². The fourth-order valence-electron chi connectivity index (χ4n) is 2.19. The van der Waals surface area contributed by atoms with Crippen LogP contribution < -0.4 is 0 Å². The van der Waals surface area contributed by atoms with Crippen LogP contribution in [0.1, 0.15) is 19.4 Å². The van der Waals surface area contributed by atoms with E-state index in [4.69, 9.17) is 4.74 Å². The zero-order valence-electron chi connectivity index (χ0n) is 14.5. The number of benzene rings is 1. The Morgan fingerprint density at radius 2 is 1.93 bits per heavy atom. The van der Waals surface area contributed by atoms with Crippen LogP contribution >= 0.6 is 11.8 Å². The number of ether oxygens (including phenoxy) is 1. The Balaban J connectivity index is 2.39. The van der Waals surface area contributed by atoms with E-state index in [0.717, 1.165) is 12.1 Å². The van der Waals surface area contributed by atoms with Crippen molar-refractivity contribution in [2.45, 2.75) is 20.0 Å². The summed E-state index contributed by atoms with van der Waals surface area (Å²) in [7, 11) is 0. The van der Waals surface area contributed by atoms with Gasteiger partial charge in [0.1, 0.15) is 6.54 Å². The first-order chi connectivity index (χ1) is 13.0. The molecular weight excluding hydrogens is 398 g/mol. The number of nitrogens with zero attached hydrogens (tertiary/aromatic N) is 3. The second-order valence-corrected chi connectivity index (χ2v) is 6.72. The number of carbonyl (C=O) groups excluding carboxylic acids is 3. The van der Waals surface area contributed by atoms with Gasteiger partial charge in [-0.2, -0.15) is 0 Å². The zero-order valence-corrected chi connectivity index (χ0v) is 15.3. The molecule has 0 atom stereocenters. The highest BCUT2D eigenvalue weighted by molar-refractivity contribution is 8.18. The van der Waals surface area contributed by atoms with Crippen LogP contribution in [0.2, 0.25) is 0 Å². The van der Waals surface area contributed by atoms with Gasteiger partial charge in [-0.1, -0.05) is 0 Å². The minimum Gasteiger partial charge on any atom is -0.502 e. The predicted molar refractivity (Wildman–Crippen MR) is 95.3 cm³/mol. The number of nitro groups is 2. The number of phenolic OH excluding ortho intramolecular Hbond substituents is 1. The largest absolute Gasteiger partial charge is 0.502 e. The summed E-state index contributed by atoms with van der Waals surface area (Å²) < 4.78 is 4.86. The molecule has 2 rings (SSSR count). The lowest BCUT2D eigenvalue weighted by molar-refractivity contribution is -0.394. The van der Waals surface area contributed by atoms with Crippen molar-refractivity contribution >= 4 is 46.3 Å². The fraction of sp³-hybridized carbons (Fsp3) is 0.267. The van der Waals surface area contributed by atoms with Gasteiger partial charge in [0.25, 0.3) is 16.8 Å². The predicted octanol–water partition coefficient (Wildman–Crippen LogP) is 2.20. The van der Waals surface area contributed by atoms with Crippen LogP contribution in [0.5, 0.6) is 5.75 Å². The third kappa shape index (κ3) is 4.43. The summed E-state index contributed by atoms with van der Waals surface area (Å²) >= 11 is 0.415. The quantitative estimate of drug-likeness (QED) is 0.317. The Morgan fingerprint density at radius 1 is 1.29 bits per heavy atom. The smallest absolute Gasteiger partial charge is 0.326 e. The average Bonchev–Trinajstić information content (AvgIpc) is 2.83. The van der Waals surface area contributed by atoms with Crippen LogP contribution in [0.3, 0.4) is 0 Å².